The van der Waals surface area contributed by atoms with E-state index in [1.54, 1.807) is 17.4 Å². The second-order valence-electron chi connectivity index (χ2n) is 8.11. The third kappa shape index (κ3) is 4.48. The minimum absolute atomic E-state index is 0.0145. The standard InChI is InChI=1S/C22H28N4O3S/c1-29-18-12-10-15(11-13-18)20(21(27)23-16-6-2-3-7-16)26(17-8-4-5-9-17)22(28)19-14-30-25-24-19/h10-14,16-17,20H,2-9H2,1H3,(H,23,27)/t20-/m0/s1. The maximum absolute atomic E-state index is 13.6. The van der Waals surface area contributed by atoms with Crippen LogP contribution in [0.15, 0.2) is 29.6 Å². The number of benzene rings is 1. The minimum atomic E-state index is -0.700. The second kappa shape index (κ2) is 9.55. The van der Waals surface area contributed by atoms with Gasteiger partial charge in [-0.2, -0.15) is 0 Å². The minimum Gasteiger partial charge on any atom is -0.497 e. The summed E-state index contributed by atoms with van der Waals surface area (Å²) in [5.41, 5.74) is 1.09. The van der Waals surface area contributed by atoms with Gasteiger partial charge in [0.1, 0.15) is 11.8 Å². The number of methoxy groups -OCH3 is 1. The third-order valence-corrected chi connectivity index (χ3v) is 6.70. The van der Waals surface area contributed by atoms with Crippen molar-refractivity contribution in [2.24, 2.45) is 0 Å². The van der Waals surface area contributed by atoms with Gasteiger partial charge in [-0.15, -0.1) is 5.10 Å². The van der Waals surface area contributed by atoms with Crippen LogP contribution < -0.4 is 10.1 Å². The number of nitrogens with one attached hydrogen (secondary N) is 1. The molecule has 0 unspecified atom stereocenters. The van der Waals surface area contributed by atoms with Crippen molar-refractivity contribution in [1.29, 1.82) is 0 Å². The number of hydrogen-bond acceptors (Lipinski definition) is 6. The molecule has 1 aromatic carbocycles. The van der Waals surface area contributed by atoms with E-state index < -0.39 is 6.04 Å². The van der Waals surface area contributed by atoms with E-state index in [9.17, 15) is 9.59 Å². The van der Waals surface area contributed by atoms with Gasteiger partial charge in [0, 0.05) is 17.5 Å². The summed E-state index contributed by atoms with van der Waals surface area (Å²) in [4.78, 5) is 28.8. The monoisotopic (exact) mass is 428 g/mol. The topological polar surface area (TPSA) is 84.4 Å². The first-order chi connectivity index (χ1) is 14.7. The Morgan fingerprint density at radius 1 is 1.10 bits per heavy atom. The molecule has 1 heterocycles. The van der Waals surface area contributed by atoms with E-state index in [0.29, 0.717) is 5.69 Å². The van der Waals surface area contributed by atoms with Crippen LogP contribution in [0.1, 0.15) is 73.5 Å². The molecule has 7 nitrogen and oxygen atoms in total. The zero-order valence-electron chi connectivity index (χ0n) is 17.3. The lowest BCUT2D eigenvalue weighted by Crippen LogP contribution is -2.49. The molecule has 0 spiro atoms. The van der Waals surface area contributed by atoms with Gasteiger partial charge in [0.25, 0.3) is 5.91 Å². The summed E-state index contributed by atoms with van der Waals surface area (Å²) in [6.45, 7) is 0. The Labute approximate surface area is 181 Å². The van der Waals surface area contributed by atoms with Gasteiger partial charge in [0.15, 0.2) is 5.69 Å². The average molecular weight is 429 g/mol. The summed E-state index contributed by atoms with van der Waals surface area (Å²) in [7, 11) is 1.61. The lowest BCUT2D eigenvalue weighted by Gasteiger charge is -2.36. The zero-order chi connectivity index (χ0) is 20.9. The van der Waals surface area contributed by atoms with Crippen LogP contribution >= 0.6 is 11.5 Å². The van der Waals surface area contributed by atoms with Gasteiger partial charge in [0.05, 0.1) is 7.11 Å². The van der Waals surface area contributed by atoms with Crippen molar-refractivity contribution in [3.05, 3.63) is 40.9 Å². The van der Waals surface area contributed by atoms with E-state index >= 15 is 0 Å². The summed E-state index contributed by atoms with van der Waals surface area (Å²) >= 11 is 1.15. The van der Waals surface area contributed by atoms with Crippen molar-refractivity contribution in [3.63, 3.8) is 0 Å². The van der Waals surface area contributed by atoms with Gasteiger partial charge >= 0.3 is 0 Å². The highest BCUT2D eigenvalue weighted by Crippen LogP contribution is 2.34. The van der Waals surface area contributed by atoms with Gasteiger partial charge in [-0.05, 0) is 54.9 Å². The molecule has 2 amide bonds. The molecule has 2 aliphatic rings. The molecular weight excluding hydrogens is 400 g/mol. The van der Waals surface area contributed by atoms with Crippen LogP contribution in [-0.4, -0.2) is 45.5 Å². The van der Waals surface area contributed by atoms with Crippen molar-refractivity contribution in [3.8, 4) is 5.75 Å². The van der Waals surface area contributed by atoms with Crippen LogP contribution in [0.2, 0.25) is 0 Å². The SMILES string of the molecule is COc1ccc([C@@H](C(=O)NC2CCCC2)N(C(=O)c2csnn2)C2CCCC2)cc1. The molecule has 160 valence electrons. The van der Waals surface area contributed by atoms with E-state index in [2.05, 4.69) is 14.9 Å². The molecular formula is C22H28N4O3S. The predicted octanol–water partition coefficient (Wildman–Crippen LogP) is 3.73. The highest BCUT2D eigenvalue weighted by atomic mass is 32.1. The molecule has 1 aromatic heterocycles. The Kier molecular flexibility index (Phi) is 6.62. The fraction of sp³-hybridized carbons (Fsp3) is 0.545. The largest absolute Gasteiger partial charge is 0.497 e. The highest BCUT2D eigenvalue weighted by Gasteiger charge is 2.39. The second-order valence-corrected chi connectivity index (χ2v) is 8.72. The van der Waals surface area contributed by atoms with Crippen molar-refractivity contribution in [1.82, 2.24) is 19.8 Å². The van der Waals surface area contributed by atoms with Crippen LogP contribution in [0.3, 0.4) is 0 Å². The van der Waals surface area contributed by atoms with E-state index in [4.69, 9.17) is 4.74 Å². The molecule has 2 saturated carbocycles. The Morgan fingerprint density at radius 3 is 2.37 bits per heavy atom. The molecule has 0 saturated heterocycles. The molecule has 0 radical (unpaired) electrons. The Morgan fingerprint density at radius 2 is 1.77 bits per heavy atom. The van der Waals surface area contributed by atoms with E-state index in [1.807, 2.05) is 24.3 Å². The fourth-order valence-electron chi connectivity index (χ4n) is 4.64. The van der Waals surface area contributed by atoms with E-state index in [0.717, 1.165) is 74.2 Å². The highest BCUT2D eigenvalue weighted by molar-refractivity contribution is 7.03. The van der Waals surface area contributed by atoms with Crippen LogP contribution in [0.4, 0.5) is 0 Å². The number of amides is 2. The van der Waals surface area contributed by atoms with Gasteiger partial charge in [0.2, 0.25) is 5.91 Å². The van der Waals surface area contributed by atoms with Crippen LogP contribution in [-0.2, 0) is 4.79 Å². The molecule has 2 aliphatic carbocycles. The smallest absolute Gasteiger partial charge is 0.276 e. The number of aromatic nitrogens is 2. The molecule has 1 atom stereocenters. The Balaban J connectivity index is 1.71. The first kappa shape index (κ1) is 20.8. The summed E-state index contributed by atoms with van der Waals surface area (Å²) in [5.74, 6) is 0.379. The molecule has 4 rings (SSSR count). The van der Waals surface area contributed by atoms with Crippen molar-refractivity contribution < 1.29 is 14.3 Å². The first-order valence-corrected chi connectivity index (χ1v) is 11.5. The van der Waals surface area contributed by atoms with Crippen LogP contribution in [0.5, 0.6) is 5.75 Å². The number of ether oxygens (including phenoxy) is 1. The van der Waals surface area contributed by atoms with Crippen LogP contribution in [0.25, 0.3) is 0 Å². The van der Waals surface area contributed by atoms with Gasteiger partial charge < -0.3 is 15.0 Å². The molecule has 2 aromatic rings. The fourth-order valence-corrected chi connectivity index (χ4v) is 5.07. The maximum Gasteiger partial charge on any atom is 0.276 e. The maximum atomic E-state index is 13.6. The summed E-state index contributed by atoms with van der Waals surface area (Å²) in [5, 5.41) is 8.87. The van der Waals surface area contributed by atoms with Gasteiger partial charge in [-0.25, -0.2) is 0 Å². The molecule has 2 fully saturated rings. The van der Waals surface area contributed by atoms with Gasteiger partial charge in [-0.3, -0.25) is 9.59 Å². The van der Waals surface area contributed by atoms with E-state index in [-0.39, 0.29) is 23.9 Å². The molecule has 0 aliphatic heterocycles. The number of hydrogen-bond donors (Lipinski definition) is 1. The van der Waals surface area contributed by atoms with Crippen molar-refractivity contribution >= 4 is 23.3 Å². The van der Waals surface area contributed by atoms with E-state index in [1.165, 1.54) is 0 Å². The zero-order valence-corrected chi connectivity index (χ0v) is 18.1. The molecule has 0 bridgehead atoms. The number of carbonyl (C=O) groups excluding carboxylic acids is 2. The summed E-state index contributed by atoms with van der Waals surface area (Å²) in [6, 6.07) is 6.94. The quantitative estimate of drug-likeness (QED) is 0.726. The molecule has 8 heteroatoms. The lowest BCUT2D eigenvalue weighted by molar-refractivity contribution is -0.127. The average Bonchev–Trinajstić information content (AvgIpc) is 3.55. The van der Waals surface area contributed by atoms with Gasteiger partial charge in [-0.1, -0.05) is 42.3 Å². The normalized spacial score (nSPS) is 18.3. The number of rotatable bonds is 7. The lowest BCUT2D eigenvalue weighted by atomic mass is 10.00. The number of carbonyl (C=O) groups is 2. The predicted molar refractivity (Wildman–Crippen MR) is 114 cm³/mol. The Hall–Kier alpha value is -2.48. The van der Waals surface area contributed by atoms with Crippen molar-refractivity contribution in [2.75, 3.05) is 7.11 Å². The summed E-state index contributed by atoms with van der Waals surface area (Å²) < 4.78 is 9.15. The summed E-state index contributed by atoms with van der Waals surface area (Å²) in [6.07, 6.45) is 8.16. The van der Waals surface area contributed by atoms with Crippen molar-refractivity contribution in [2.45, 2.75) is 69.5 Å². The Bertz CT molecular complexity index is 844. The first-order valence-electron chi connectivity index (χ1n) is 10.7. The third-order valence-electron chi connectivity index (χ3n) is 6.19. The molecule has 1 N–H and O–H groups in total. The molecule has 30 heavy (non-hydrogen) atoms. The van der Waals surface area contributed by atoms with Crippen LogP contribution in [0, 0.1) is 0 Å². The number of nitrogens with zero attached hydrogens (tertiary/aromatic N) is 3.